The number of rotatable bonds is 9. The number of ketones is 1. The Labute approximate surface area is 268 Å². The number of nitrogens with one attached hydrogen (secondary N) is 2. The van der Waals surface area contributed by atoms with Gasteiger partial charge in [-0.15, -0.1) is 0 Å². The highest BCUT2D eigenvalue weighted by Crippen LogP contribution is 2.45. The van der Waals surface area contributed by atoms with Gasteiger partial charge in [0, 0.05) is 42.9 Å². The monoisotopic (exact) mass is 666 g/mol. The van der Waals surface area contributed by atoms with Crippen molar-refractivity contribution in [3.8, 4) is 23.0 Å². The largest absolute Gasteiger partial charge is 0.314 e. The quantitative estimate of drug-likeness (QED) is 0.156. The van der Waals surface area contributed by atoms with Crippen LogP contribution in [0.15, 0.2) is 47.3 Å². The molecular formula is C33H31BrN8O3. The zero-order chi connectivity index (χ0) is 31.5. The summed E-state index contributed by atoms with van der Waals surface area (Å²) < 4.78 is 2.15. The van der Waals surface area contributed by atoms with Crippen LogP contribution in [0, 0.1) is 31.1 Å². The lowest BCUT2D eigenvalue weighted by atomic mass is 9.73. The Hall–Kier alpha value is -4.47. The molecule has 2 aliphatic carbocycles. The van der Waals surface area contributed by atoms with Crippen LogP contribution < -0.4 is 10.6 Å². The fourth-order valence-electron chi connectivity index (χ4n) is 6.15. The Bertz CT molecular complexity index is 1940. The highest BCUT2D eigenvalue weighted by atomic mass is 79.9. The summed E-state index contributed by atoms with van der Waals surface area (Å²) >= 11 is 3.38. The average molecular weight is 668 g/mol. The summed E-state index contributed by atoms with van der Waals surface area (Å²) in [6.07, 6.45) is 6.13. The van der Waals surface area contributed by atoms with Crippen molar-refractivity contribution >= 4 is 50.2 Å². The maximum atomic E-state index is 14.2. The lowest BCUT2D eigenvalue weighted by Gasteiger charge is -2.36. The molecule has 3 atom stereocenters. The summed E-state index contributed by atoms with van der Waals surface area (Å²) in [7, 11) is 0. The molecule has 11 nitrogen and oxygen atoms in total. The van der Waals surface area contributed by atoms with E-state index < -0.39 is 17.5 Å². The summed E-state index contributed by atoms with van der Waals surface area (Å²) in [4.78, 5) is 55.3. The molecular weight excluding hydrogens is 636 g/mol. The second kappa shape index (κ2) is 11.2. The minimum absolute atomic E-state index is 0.154. The van der Waals surface area contributed by atoms with E-state index in [4.69, 9.17) is 0 Å². The van der Waals surface area contributed by atoms with Gasteiger partial charge < -0.3 is 15.5 Å². The van der Waals surface area contributed by atoms with Gasteiger partial charge in [-0.25, -0.2) is 15.0 Å². The molecule has 45 heavy (non-hydrogen) atoms. The first-order valence-corrected chi connectivity index (χ1v) is 15.7. The molecule has 4 aromatic rings. The summed E-state index contributed by atoms with van der Waals surface area (Å²) in [6, 6.07) is 8.58. The standard InChI is InChI=1S/C33H31BrN8O3/c1-18-4-9-28(34)38-31(18)39-32(45)26-13-33(17-37-23-6-7-23)11-10-27(33)42(26)29(44)16-41-25-8-5-21(22-14-35-20(3)36-15-22)12-24(25)30(40-41)19(2)43/h4-5,8-9,12,14-15,23,26-27,37H,6-7,13,16-17H2,1-3H3,(H,38,39,45)/t26-,27+,33+/m0/s1. The van der Waals surface area contributed by atoms with Crippen molar-refractivity contribution in [3.05, 3.63) is 64.4 Å². The topological polar surface area (TPSA) is 135 Å². The lowest BCUT2D eigenvalue weighted by molar-refractivity contribution is -0.138. The molecule has 12 heteroatoms. The van der Waals surface area contributed by atoms with Crippen molar-refractivity contribution in [2.45, 2.75) is 64.7 Å². The van der Waals surface area contributed by atoms with Crippen molar-refractivity contribution in [1.29, 1.82) is 0 Å². The van der Waals surface area contributed by atoms with Crippen molar-refractivity contribution in [2.75, 3.05) is 11.9 Å². The smallest absolute Gasteiger partial charge is 0.248 e. The normalized spacial score (nSPS) is 21.6. The van der Waals surface area contributed by atoms with Gasteiger partial charge in [-0.3, -0.25) is 19.1 Å². The first kappa shape index (κ1) is 29.3. The Morgan fingerprint density at radius 3 is 2.56 bits per heavy atom. The molecule has 3 aliphatic rings. The second-order valence-electron chi connectivity index (χ2n) is 12.1. The first-order valence-electron chi connectivity index (χ1n) is 14.9. The second-order valence-corrected chi connectivity index (χ2v) is 12.9. The van der Waals surface area contributed by atoms with Crippen LogP contribution in [0.4, 0.5) is 5.82 Å². The third-order valence-electron chi connectivity index (χ3n) is 8.81. The molecule has 1 aromatic carbocycles. The molecule has 2 fully saturated rings. The number of fused-ring (bicyclic) bond motifs is 2. The van der Waals surface area contributed by atoms with Gasteiger partial charge in [-0.1, -0.05) is 24.0 Å². The molecule has 0 unspecified atom stereocenters. The number of carbonyl (C=O) groups is 3. The Morgan fingerprint density at radius 2 is 1.87 bits per heavy atom. The molecule has 0 radical (unpaired) electrons. The number of hydrogen-bond acceptors (Lipinski definition) is 8. The fraction of sp³-hybridized carbons (Fsp3) is 0.364. The number of aryl methyl sites for hydroxylation is 2. The third-order valence-corrected chi connectivity index (χ3v) is 9.26. The number of likely N-dealkylation sites (tertiary alicyclic amines) is 1. The van der Waals surface area contributed by atoms with Crippen LogP contribution in [-0.4, -0.2) is 71.9 Å². The molecule has 1 saturated carbocycles. The number of amides is 2. The SMILES string of the molecule is CC(=O)c1nn(CC(=O)N2[C@H](C(=O)Nc3nc(Br)ccc3C)C[C@@]3(CNC4CC4)C#C[C@@H]23)c2ccc(-c3cnc(C)nc3)cc12. The maximum Gasteiger partial charge on any atom is 0.248 e. The van der Waals surface area contributed by atoms with Crippen LogP contribution in [0.3, 0.4) is 0 Å². The third kappa shape index (κ3) is 5.40. The van der Waals surface area contributed by atoms with Crippen LogP contribution in [0.2, 0.25) is 0 Å². The Morgan fingerprint density at radius 1 is 1.09 bits per heavy atom. The lowest BCUT2D eigenvalue weighted by Crippen LogP contribution is -2.53. The Balaban J connectivity index is 1.20. The van der Waals surface area contributed by atoms with E-state index in [-0.39, 0.29) is 29.8 Å². The maximum absolute atomic E-state index is 14.2. The summed E-state index contributed by atoms with van der Waals surface area (Å²) in [5.74, 6) is 6.77. The molecule has 3 aromatic heterocycles. The molecule has 228 valence electrons. The minimum atomic E-state index is -0.770. The van der Waals surface area contributed by atoms with E-state index in [0.717, 1.165) is 29.5 Å². The predicted octanol–water partition coefficient (Wildman–Crippen LogP) is 3.83. The molecule has 1 aliphatic heterocycles. The number of benzene rings is 1. The number of hydrogen-bond donors (Lipinski definition) is 2. The molecule has 0 spiro atoms. The van der Waals surface area contributed by atoms with E-state index in [1.54, 1.807) is 22.0 Å². The van der Waals surface area contributed by atoms with E-state index in [1.165, 1.54) is 6.92 Å². The van der Waals surface area contributed by atoms with Crippen molar-refractivity contribution in [3.63, 3.8) is 0 Å². The van der Waals surface area contributed by atoms with Gasteiger partial charge in [0.15, 0.2) is 5.78 Å². The molecule has 2 N–H and O–H groups in total. The number of aromatic nitrogens is 5. The summed E-state index contributed by atoms with van der Waals surface area (Å²) in [5.41, 5.74) is 2.85. The van der Waals surface area contributed by atoms with Crippen molar-refractivity contribution in [1.82, 2.24) is 34.9 Å². The van der Waals surface area contributed by atoms with Crippen LogP contribution in [0.1, 0.15) is 48.1 Å². The zero-order valence-electron chi connectivity index (χ0n) is 25.1. The number of Topliss-reactive ketones (excluding diaryl/α,β-unsaturated/α-hetero) is 1. The fourth-order valence-corrected chi connectivity index (χ4v) is 6.46. The number of halogens is 1. The minimum Gasteiger partial charge on any atom is -0.314 e. The molecule has 7 rings (SSSR count). The van der Waals surface area contributed by atoms with E-state index in [0.29, 0.717) is 46.2 Å². The number of nitrogens with zero attached hydrogens (tertiary/aromatic N) is 6. The van der Waals surface area contributed by atoms with Crippen LogP contribution >= 0.6 is 15.9 Å². The highest BCUT2D eigenvalue weighted by molar-refractivity contribution is 9.10. The Kier molecular flexibility index (Phi) is 7.25. The van der Waals surface area contributed by atoms with E-state index in [1.807, 2.05) is 44.2 Å². The van der Waals surface area contributed by atoms with Crippen molar-refractivity contribution in [2.24, 2.45) is 5.41 Å². The van der Waals surface area contributed by atoms with Gasteiger partial charge in [0.1, 0.15) is 40.6 Å². The number of pyridine rings is 1. The van der Waals surface area contributed by atoms with Crippen molar-refractivity contribution < 1.29 is 14.4 Å². The van der Waals surface area contributed by atoms with Crippen LogP contribution in [-0.2, 0) is 16.1 Å². The average Bonchev–Trinajstić information content (AvgIpc) is 3.72. The van der Waals surface area contributed by atoms with Gasteiger partial charge in [0.05, 0.1) is 10.9 Å². The predicted molar refractivity (Wildman–Crippen MR) is 171 cm³/mol. The number of anilines is 1. The molecule has 4 heterocycles. The van der Waals surface area contributed by atoms with Gasteiger partial charge >= 0.3 is 0 Å². The molecule has 0 bridgehead atoms. The van der Waals surface area contributed by atoms with Gasteiger partial charge in [0.25, 0.3) is 0 Å². The highest BCUT2D eigenvalue weighted by Gasteiger charge is 2.58. The van der Waals surface area contributed by atoms with Gasteiger partial charge in [0.2, 0.25) is 11.8 Å². The summed E-state index contributed by atoms with van der Waals surface area (Å²) in [5, 5.41) is 11.7. The zero-order valence-corrected chi connectivity index (χ0v) is 26.7. The van der Waals surface area contributed by atoms with Gasteiger partial charge in [-0.2, -0.15) is 5.10 Å². The molecule has 2 amide bonds. The van der Waals surface area contributed by atoms with Crippen LogP contribution in [0.25, 0.3) is 22.0 Å². The number of carbonyl (C=O) groups excluding carboxylic acids is 3. The first-order chi connectivity index (χ1) is 21.6. The van der Waals surface area contributed by atoms with E-state index in [2.05, 4.69) is 58.5 Å². The summed E-state index contributed by atoms with van der Waals surface area (Å²) in [6.45, 7) is 5.60. The van der Waals surface area contributed by atoms with Gasteiger partial charge in [-0.05, 0) is 78.4 Å². The molecule has 1 saturated heterocycles. The van der Waals surface area contributed by atoms with E-state index in [9.17, 15) is 14.4 Å². The van der Waals surface area contributed by atoms with E-state index >= 15 is 0 Å². The van der Waals surface area contributed by atoms with Crippen LogP contribution in [0.5, 0.6) is 0 Å².